The SMILES string of the molecule is CCOC(=O)C1=C(C)NC(=O)N[C@H]1c1cc(C)sc1C. The Morgan fingerprint density at radius 1 is 1.40 bits per heavy atom. The van der Waals surface area contributed by atoms with Crippen LogP contribution in [0.3, 0.4) is 0 Å². The number of allylic oxidation sites excluding steroid dienone is 1. The van der Waals surface area contributed by atoms with Gasteiger partial charge in [-0.1, -0.05) is 0 Å². The average Bonchev–Trinajstić information content (AvgIpc) is 2.67. The molecule has 2 rings (SSSR count). The number of esters is 1. The highest BCUT2D eigenvalue weighted by molar-refractivity contribution is 7.12. The monoisotopic (exact) mass is 294 g/mol. The molecular weight excluding hydrogens is 276 g/mol. The van der Waals surface area contributed by atoms with Crippen molar-refractivity contribution in [3.05, 3.63) is 32.7 Å². The Morgan fingerprint density at radius 2 is 2.10 bits per heavy atom. The molecule has 1 aromatic heterocycles. The molecule has 0 spiro atoms. The number of hydrogen-bond acceptors (Lipinski definition) is 4. The Balaban J connectivity index is 2.47. The number of aryl methyl sites for hydroxylation is 2. The van der Waals surface area contributed by atoms with Crippen molar-refractivity contribution >= 4 is 23.3 Å². The fourth-order valence-corrected chi connectivity index (χ4v) is 3.31. The van der Waals surface area contributed by atoms with Gasteiger partial charge in [0.1, 0.15) is 0 Å². The summed E-state index contributed by atoms with van der Waals surface area (Å²) >= 11 is 1.65. The fourth-order valence-electron chi connectivity index (χ4n) is 2.34. The Bertz CT molecular complexity index is 589. The lowest BCUT2D eigenvalue weighted by molar-refractivity contribution is -0.139. The highest BCUT2D eigenvalue weighted by atomic mass is 32.1. The molecule has 0 fully saturated rings. The van der Waals surface area contributed by atoms with E-state index in [1.165, 1.54) is 0 Å². The lowest BCUT2D eigenvalue weighted by Gasteiger charge is -2.27. The van der Waals surface area contributed by atoms with E-state index in [0.717, 1.165) is 15.3 Å². The van der Waals surface area contributed by atoms with Crippen molar-refractivity contribution in [2.24, 2.45) is 0 Å². The van der Waals surface area contributed by atoms with Gasteiger partial charge in [0.25, 0.3) is 0 Å². The van der Waals surface area contributed by atoms with Crippen LogP contribution in [0, 0.1) is 13.8 Å². The van der Waals surface area contributed by atoms with Crippen LogP contribution in [-0.4, -0.2) is 18.6 Å². The minimum absolute atomic E-state index is 0.302. The molecule has 2 amide bonds. The number of thiophene rings is 1. The first-order chi connectivity index (χ1) is 9.43. The topological polar surface area (TPSA) is 67.4 Å². The van der Waals surface area contributed by atoms with Crippen LogP contribution in [0.4, 0.5) is 4.79 Å². The van der Waals surface area contributed by atoms with Crippen LogP contribution in [-0.2, 0) is 9.53 Å². The first-order valence-electron chi connectivity index (χ1n) is 6.46. The zero-order valence-corrected chi connectivity index (χ0v) is 12.8. The third kappa shape index (κ3) is 2.70. The molecule has 5 nitrogen and oxygen atoms in total. The summed E-state index contributed by atoms with van der Waals surface area (Å²) in [4.78, 5) is 26.1. The molecule has 1 atom stereocenters. The number of ether oxygens (including phenoxy) is 1. The van der Waals surface area contributed by atoms with Crippen LogP contribution in [0.2, 0.25) is 0 Å². The summed E-state index contributed by atoms with van der Waals surface area (Å²) in [5.41, 5.74) is 1.96. The van der Waals surface area contributed by atoms with Crippen molar-refractivity contribution in [2.45, 2.75) is 33.7 Å². The van der Waals surface area contributed by atoms with Gasteiger partial charge in [0, 0.05) is 15.5 Å². The summed E-state index contributed by atoms with van der Waals surface area (Å²) < 4.78 is 5.10. The fraction of sp³-hybridized carbons (Fsp3) is 0.429. The van der Waals surface area contributed by atoms with Crippen molar-refractivity contribution in [1.29, 1.82) is 0 Å². The largest absolute Gasteiger partial charge is 0.463 e. The molecule has 0 bridgehead atoms. The number of nitrogens with one attached hydrogen (secondary N) is 2. The van der Waals surface area contributed by atoms with E-state index in [4.69, 9.17) is 4.74 Å². The quantitative estimate of drug-likeness (QED) is 0.842. The van der Waals surface area contributed by atoms with Gasteiger partial charge in [-0.25, -0.2) is 9.59 Å². The summed E-state index contributed by atoms with van der Waals surface area (Å²) in [6.07, 6.45) is 0. The van der Waals surface area contributed by atoms with Crippen molar-refractivity contribution in [3.63, 3.8) is 0 Å². The highest BCUT2D eigenvalue weighted by Crippen LogP contribution is 2.33. The van der Waals surface area contributed by atoms with E-state index < -0.39 is 12.0 Å². The number of amides is 2. The van der Waals surface area contributed by atoms with E-state index in [-0.39, 0.29) is 6.03 Å². The van der Waals surface area contributed by atoms with Crippen molar-refractivity contribution in [1.82, 2.24) is 10.6 Å². The molecule has 1 aromatic rings. The maximum absolute atomic E-state index is 12.1. The lowest BCUT2D eigenvalue weighted by atomic mass is 9.96. The summed E-state index contributed by atoms with van der Waals surface area (Å²) in [6, 6.07) is 1.25. The average molecular weight is 294 g/mol. The van der Waals surface area contributed by atoms with Crippen LogP contribution >= 0.6 is 11.3 Å². The van der Waals surface area contributed by atoms with Gasteiger partial charge < -0.3 is 15.4 Å². The first-order valence-corrected chi connectivity index (χ1v) is 7.28. The van der Waals surface area contributed by atoms with Crippen molar-refractivity contribution < 1.29 is 14.3 Å². The maximum atomic E-state index is 12.1. The molecule has 108 valence electrons. The second-order valence-corrected chi connectivity index (χ2v) is 6.12. The van der Waals surface area contributed by atoms with Gasteiger partial charge >= 0.3 is 12.0 Å². The standard InChI is InChI=1S/C14H18N2O3S/c1-5-19-13(17)11-8(3)15-14(18)16-12(11)10-6-7(2)20-9(10)4/h6,12H,5H2,1-4H3,(H2,15,16,18)/t12-/m0/s1. The van der Waals surface area contributed by atoms with Gasteiger partial charge in [0.05, 0.1) is 18.2 Å². The molecule has 0 radical (unpaired) electrons. The molecular formula is C14H18N2O3S. The number of rotatable bonds is 3. The van der Waals surface area contributed by atoms with E-state index in [1.54, 1.807) is 25.2 Å². The Hall–Kier alpha value is -1.82. The maximum Gasteiger partial charge on any atom is 0.338 e. The minimum atomic E-state index is -0.451. The van der Waals surface area contributed by atoms with Crippen LogP contribution in [0.25, 0.3) is 0 Å². The van der Waals surface area contributed by atoms with E-state index in [0.29, 0.717) is 17.9 Å². The van der Waals surface area contributed by atoms with Crippen LogP contribution in [0.15, 0.2) is 17.3 Å². The lowest BCUT2D eigenvalue weighted by Crippen LogP contribution is -2.45. The van der Waals surface area contributed by atoms with E-state index >= 15 is 0 Å². The summed E-state index contributed by atoms with van der Waals surface area (Å²) in [6.45, 7) is 7.77. The van der Waals surface area contributed by atoms with E-state index in [1.807, 2.05) is 19.9 Å². The van der Waals surface area contributed by atoms with Crippen LogP contribution in [0.5, 0.6) is 0 Å². The molecule has 0 saturated heterocycles. The van der Waals surface area contributed by atoms with Gasteiger partial charge in [0.15, 0.2) is 0 Å². The Morgan fingerprint density at radius 3 is 2.65 bits per heavy atom. The molecule has 2 heterocycles. The normalized spacial score (nSPS) is 18.6. The van der Waals surface area contributed by atoms with Gasteiger partial charge in [-0.15, -0.1) is 11.3 Å². The molecule has 20 heavy (non-hydrogen) atoms. The summed E-state index contributed by atoms with van der Waals surface area (Å²) in [5, 5.41) is 5.43. The zero-order chi connectivity index (χ0) is 14.9. The van der Waals surface area contributed by atoms with Gasteiger partial charge in [-0.05, 0) is 39.3 Å². The van der Waals surface area contributed by atoms with Crippen LogP contribution in [0.1, 0.15) is 35.2 Å². The molecule has 0 aromatic carbocycles. The Kier molecular flexibility index (Phi) is 4.13. The van der Waals surface area contributed by atoms with E-state index in [9.17, 15) is 9.59 Å². The summed E-state index contributed by atoms with van der Waals surface area (Å²) in [5.74, 6) is -0.397. The van der Waals surface area contributed by atoms with Gasteiger partial charge in [-0.3, -0.25) is 0 Å². The third-order valence-corrected chi connectivity index (χ3v) is 4.14. The van der Waals surface area contributed by atoms with Crippen LogP contribution < -0.4 is 10.6 Å². The molecule has 2 N–H and O–H groups in total. The third-order valence-electron chi connectivity index (χ3n) is 3.15. The molecule has 0 aliphatic carbocycles. The first kappa shape index (κ1) is 14.6. The number of urea groups is 1. The molecule has 1 aliphatic heterocycles. The Labute approximate surface area is 122 Å². The highest BCUT2D eigenvalue weighted by Gasteiger charge is 2.33. The molecule has 1 aliphatic rings. The summed E-state index contributed by atoms with van der Waals surface area (Å²) in [7, 11) is 0. The minimum Gasteiger partial charge on any atom is -0.463 e. The smallest absolute Gasteiger partial charge is 0.338 e. The zero-order valence-electron chi connectivity index (χ0n) is 12.0. The van der Waals surface area contributed by atoms with Gasteiger partial charge in [0.2, 0.25) is 0 Å². The van der Waals surface area contributed by atoms with Crippen molar-refractivity contribution in [3.8, 4) is 0 Å². The van der Waals surface area contributed by atoms with E-state index in [2.05, 4.69) is 10.6 Å². The second kappa shape index (κ2) is 5.66. The molecule has 0 saturated carbocycles. The number of carbonyl (C=O) groups is 2. The number of hydrogen-bond donors (Lipinski definition) is 2. The predicted octanol–water partition coefficient (Wildman–Crippen LogP) is 2.56. The molecule has 6 heteroatoms. The van der Waals surface area contributed by atoms with Gasteiger partial charge in [-0.2, -0.15) is 0 Å². The second-order valence-electron chi connectivity index (χ2n) is 4.66. The predicted molar refractivity (Wildman–Crippen MR) is 77.5 cm³/mol. The van der Waals surface area contributed by atoms with Crippen molar-refractivity contribution in [2.75, 3.05) is 6.61 Å². The molecule has 0 unspecified atom stereocenters. The number of carbonyl (C=O) groups excluding carboxylic acids is 2.